The van der Waals surface area contributed by atoms with E-state index in [1.807, 2.05) is 0 Å². The zero-order chi connectivity index (χ0) is 32.8. The van der Waals surface area contributed by atoms with Crippen LogP contribution in [0.3, 0.4) is 0 Å². The van der Waals surface area contributed by atoms with Crippen molar-refractivity contribution in [3.8, 4) is 5.75 Å². The van der Waals surface area contributed by atoms with Crippen LogP contribution in [0.25, 0.3) is 0 Å². The minimum atomic E-state index is -5.36. The summed E-state index contributed by atoms with van der Waals surface area (Å²) in [6, 6.07) is 4.37. The summed E-state index contributed by atoms with van der Waals surface area (Å²) in [4.78, 5) is 63.2. The predicted molar refractivity (Wildman–Crippen MR) is 145 cm³/mol. The zero-order valence-electron chi connectivity index (χ0n) is 23.1. The van der Waals surface area contributed by atoms with Gasteiger partial charge in [-0.1, -0.05) is 17.7 Å². The number of carboxylic acids is 1. The number of carbonyl (C=O) groups is 4. The lowest BCUT2D eigenvalue weighted by Gasteiger charge is -2.22. The molecule has 0 aliphatic carbocycles. The van der Waals surface area contributed by atoms with E-state index in [0.717, 1.165) is 12.1 Å². The topological polar surface area (TPSA) is 201 Å². The number of aliphatic carboxylic acids is 1. The zero-order valence-corrected chi connectivity index (χ0v) is 23.1. The molecule has 0 spiro atoms. The summed E-state index contributed by atoms with van der Waals surface area (Å²) in [6.07, 6.45) is -7.41. The lowest BCUT2D eigenvalue weighted by molar-refractivity contribution is -0.384. The molecule has 0 saturated carbocycles. The number of anilines is 1. The third-order valence-corrected chi connectivity index (χ3v) is 5.96. The molecule has 0 bridgehead atoms. The number of aryl methyl sites for hydroxylation is 2. The number of nitrogens with one attached hydrogen (secondary N) is 4. The summed E-state index contributed by atoms with van der Waals surface area (Å²) in [5, 5.41) is 30.7. The Morgan fingerprint density at radius 2 is 1.89 bits per heavy atom. The molecule has 0 fully saturated rings. The highest BCUT2D eigenvalue weighted by Crippen LogP contribution is 2.34. The van der Waals surface area contributed by atoms with E-state index in [4.69, 9.17) is 0 Å². The molecule has 44 heavy (non-hydrogen) atoms. The fourth-order valence-electron chi connectivity index (χ4n) is 4.12. The Hall–Kier alpha value is -5.29. The normalized spacial score (nSPS) is 15.2. The number of hydrogen-bond acceptors (Lipinski definition) is 10. The third-order valence-electron chi connectivity index (χ3n) is 5.96. The van der Waals surface area contributed by atoms with Crippen LogP contribution in [0, 0.1) is 24.0 Å². The van der Waals surface area contributed by atoms with Crippen molar-refractivity contribution in [2.24, 2.45) is 4.99 Å². The van der Waals surface area contributed by atoms with Crippen LogP contribution in [0.5, 0.6) is 5.75 Å². The number of guanidine groups is 1. The maximum Gasteiger partial charge on any atom is 0.491 e. The average Bonchev–Trinajstić information content (AvgIpc) is 2.92. The first kappa shape index (κ1) is 33.2. The highest BCUT2D eigenvalue weighted by Gasteiger charge is 2.42. The van der Waals surface area contributed by atoms with Gasteiger partial charge < -0.3 is 31.1 Å². The van der Waals surface area contributed by atoms with Crippen LogP contribution in [0.4, 0.5) is 28.9 Å². The van der Waals surface area contributed by atoms with E-state index < -0.39 is 71.5 Å². The van der Waals surface area contributed by atoms with Crippen molar-refractivity contribution in [2.75, 3.05) is 25.0 Å². The van der Waals surface area contributed by atoms with E-state index >= 15 is 0 Å². The molecule has 1 aliphatic rings. The van der Waals surface area contributed by atoms with Crippen LogP contribution >= 0.6 is 0 Å². The number of aliphatic imine (C=N–C) groups is 1. The van der Waals surface area contributed by atoms with Gasteiger partial charge in [0, 0.05) is 28.9 Å². The Balaban J connectivity index is 1.79. The van der Waals surface area contributed by atoms with E-state index in [1.165, 1.54) is 25.1 Å². The van der Waals surface area contributed by atoms with E-state index in [2.05, 4.69) is 31.0 Å². The van der Waals surface area contributed by atoms with Crippen LogP contribution in [-0.4, -0.2) is 71.7 Å². The Bertz CT molecular complexity index is 1510. The second kappa shape index (κ2) is 13.8. The van der Waals surface area contributed by atoms with Crippen LogP contribution in [-0.2, 0) is 14.4 Å². The monoisotopic (exact) mass is 626 g/mol. The summed E-state index contributed by atoms with van der Waals surface area (Å²) < 4.78 is 56.5. The number of rotatable bonds is 10. The lowest BCUT2D eigenvalue weighted by atomic mass is 9.97. The van der Waals surface area contributed by atoms with Gasteiger partial charge in [0.25, 0.3) is 11.6 Å². The number of nitro benzene ring substituents is 1. The quantitative estimate of drug-likeness (QED) is 0.0857. The van der Waals surface area contributed by atoms with Crippen molar-refractivity contribution in [2.45, 2.75) is 38.7 Å². The Labute approximate surface area is 246 Å². The Kier molecular flexibility index (Phi) is 10.4. The molecule has 18 heteroatoms. The summed E-state index contributed by atoms with van der Waals surface area (Å²) in [7, 11) is 0. The van der Waals surface area contributed by atoms with Crippen LogP contribution in [0.15, 0.2) is 35.3 Å². The van der Waals surface area contributed by atoms with Crippen LogP contribution in [0.2, 0.25) is 0 Å². The van der Waals surface area contributed by atoms with E-state index in [9.17, 15) is 52.0 Å². The molecule has 2 atom stereocenters. The van der Waals surface area contributed by atoms with E-state index in [0.29, 0.717) is 5.56 Å². The SMILES string of the molecule is Cc1cc(C)c(OC(=O)C(F)(F)F)c([C@@H](CC(=O)O)NC(=O)CNC(=O)c2cc(NC3=NCC(F)CN3)cc([N+](=O)[O-])c2)c1. The van der Waals surface area contributed by atoms with Gasteiger partial charge in [0.2, 0.25) is 5.91 Å². The van der Waals surface area contributed by atoms with Crippen LogP contribution < -0.4 is 26.0 Å². The van der Waals surface area contributed by atoms with Crippen molar-refractivity contribution < 1.29 is 51.5 Å². The molecule has 2 amide bonds. The minimum absolute atomic E-state index is 0.0506. The molecule has 236 valence electrons. The Morgan fingerprint density at radius 1 is 1.18 bits per heavy atom. The van der Waals surface area contributed by atoms with Gasteiger partial charge in [-0.25, -0.2) is 14.2 Å². The molecular formula is C26H26F4N6O8. The van der Waals surface area contributed by atoms with Crippen molar-refractivity contribution in [1.29, 1.82) is 0 Å². The first-order chi connectivity index (χ1) is 20.5. The molecule has 1 unspecified atom stereocenters. The maximum absolute atomic E-state index is 13.3. The number of carbonyl (C=O) groups excluding carboxylic acids is 3. The van der Waals surface area contributed by atoms with Gasteiger partial charge in [0.05, 0.1) is 37.0 Å². The van der Waals surface area contributed by atoms with E-state index in [1.54, 1.807) is 6.92 Å². The number of ether oxygens (including phenoxy) is 1. The summed E-state index contributed by atoms with van der Waals surface area (Å²) >= 11 is 0. The second-order valence-electron chi connectivity index (χ2n) is 9.61. The summed E-state index contributed by atoms with van der Waals surface area (Å²) in [5.41, 5.74) is -0.418. The summed E-state index contributed by atoms with van der Waals surface area (Å²) in [5.74, 6) is -6.42. The van der Waals surface area contributed by atoms with Gasteiger partial charge >= 0.3 is 18.1 Å². The smallest absolute Gasteiger partial charge is 0.481 e. The number of nitro groups is 1. The van der Waals surface area contributed by atoms with Gasteiger partial charge in [0.1, 0.15) is 11.9 Å². The first-order valence-electron chi connectivity index (χ1n) is 12.7. The van der Waals surface area contributed by atoms with E-state index in [-0.39, 0.29) is 41.4 Å². The second-order valence-corrected chi connectivity index (χ2v) is 9.61. The van der Waals surface area contributed by atoms with Crippen molar-refractivity contribution in [3.05, 3.63) is 62.7 Å². The standard InChI is InChI=1S/C26H26F4N6O8/c1-12-3-13(2)22(44-24(41)26(28,29)30)18(4-12)19(8-21(38)39)35-20(37)11-31-23(40)14-5-16(7-17(6-14)36(42)43)34-25-32-9-15(27)10-33-25/h3-7,15,19H,8-11H2,1-2H3,(H,31,40)(H,35,37)(H,38,39)(H2,32,33,34)/t19-/m1/s1. The molecular weight excluding hydrogens is 600 g/mol. The van der Waals surface area contributed by atoms with Crippen molar-refractivity contribution in [3.63, 3.8) is 0 Å². The third kappa shape index (κ3) is 9.10. The molecule has 5 N–H and O–H groups in total. The highest BCUT2D eigenvalue weighted by molar-refractivity contribution is 6.00. The van der Waals surface area contributed by atoms with Gasteiger partial charge in [-0.2, -0.15) is 13.2 Å². The highest BCUT2D eigenvalue weighted by atomic mass is 19.4. The Morgan fingerprint density at radius 3 is 2.48 bits per heavy atom. The number of esters is 1. The average molecular weight is 627 g/mol. The minimum Gasteiger partial charge on any atom is -0.481 e. The van der Waals surface area contributed by atoms with Gasteiger partial charge in [0.15, 0.2) is 5.96 Å². The number of alkyl halides is 4. The predicted octanol–water partition coefficient (Wildman–Crippen LogP) is 2.45. The fourth-order valence-corrected chi connectivity index (χ4v) is 4.12. The number of non-ortho nitro benzene ring substituents is 1. The molecule has 14 nitrogen and oxygen atoms in total. The maximum atomic E-state index is 13.3. The van der Waals surface area contributed by atoms with Crippen LogP contribution in [0.1, 0.15) is 39.5 Å². The number of amides is 2. The largest absolute Gasteiger partial charge is 0.491 e. The summed E-state index contributed by atoms with van der Waals surface area (Å²) in [6.45, 7) is 1.88. The first-order valence-corrected chi connectivity index (χ1v) is 12.7. The number of benzene rings is 2. The number of carboxylic acid groups (broad SMARTS) is 1. The molecule has 1 aliphatic heterocycles. The fraction of sp³-hybridized carbons (Fsp3) is 0.346. The van der Waals surface area contributed by atoms with Gasteiger partial charge in [-0.05, 0) is 25.5 Å². The van der Waals surface area contributed by atoms with Crippen molar-refractivity contribution >= 4 is 41.1 Å². The molecule has 0 radical (unpaired) electrons. The molecule has 2 aromatic rings. The molecule has 0 aromatic heterocycles. The van der Waals surface area contributed by atoms with Gasteiger partial charge in [-0.15, -0.1) is 0 Å². The molecule has 1 heterocycles. The van der Waals surface area contributed by atoms with Crippen molar-refractivity contribution in [1.82, 2.24) is 16.0 Å². The molecule has 3 rings (SSSR count). The number of halogens is 4. The molecule has 2 aromatic carbocycles. The number of hydrogen-bond donors (Lipinski definition) is 5. The van der Waals surface area contributed by atoms with Gasteiger partial charge in [-0.3, -0.25) is 24.5 Å². The molecule has 0 saturated heterocycles. The number of nitrogens with zero attached hydrogens (tertiary/aromatic N) is 2. The lowest BCUT2D eigenvalue weighted by Crippen LogP contribution is -2.41.